The van der Waals surface area contributed by atoms with Crippen LogP contribution in [-0.4, -0.2) is 61.2 Å². The third kappa shape index (κ3) is 5.34. The lowest BCUT2D eigenvalue weighted by molar-refractivity contribution is -0.376. The molecule has 1 fully saturated rings. The van der Waals surface area contributed by atoms with Crippen LogP contribution in [0.4, 0.5) is 36.4 Å². The maximum atomic E-state index is 13.7. The Morgan fingerprint density at radius 1 is 0.976 bits per heavy atom. The topological polar surface area (TPSA) is 121 Å². The molecule has 0 aromatic heterocycles. The Labute approximate surface area is 229 Å². The molecule has 8 nitrogen and oxygen atoms in total. The smallest absolute Gasteiger partial charge is 0.369 e. The average Bonchev–Trinajstić information content (AvgIpc) is 3.37. The van der Waals surface area contributed by atoms with Crippen molar-refractivity contribution in [3.05, 3.63) is 59.4 Å². The van der Waals surface area contributed by atoms with Crippen LogP contribution in [0.5, 0.6) is 0 Å². The minimum atomic E-state index is -6.16. The highest BCUT2D eigenvalue weighted by atomic mass is 32.2. The number of anilines is 1. The minimum Gasteiger partial charge on any atom is -0.369 e. The number of fused-ring (bicyclic) bond motifs is 1. The van der Waals surface area contributed by atoms with Gasteiger partial charge >= 0.3 is 12.4 Å². The molecule has 224 valence electrons. The molecule has 2 aromatic rings. The van der Waals surface area contributed by atoms with Crippen LogP contribution in [0.15, 0.2) is 47.4 Å². The van der Waals surface area contributed by atoms with E-state index >= 15 is 0 Å². The Balaban J connectivity index is 1.81. The molecule has 0 radical (unpaired) electrons. The number of primary amides is 1. The summed E-state index contributed by atoms with van der Waals surface area (Å²) in [6, 6.07) is 2.90. The third-order valence-corrected chi connectivity index (χ3v) is 9.20. The highest BCUT2D eigenvalue weighted by Crippen LogP contribution is 2.51. The van der Waals surface area contributed by atoms with Gasteiger partial charge in [0, 0.05) is 18.5 Å². The third-order valence-electron chi connectivity index (χ3n) is 7.32. The Hall–Kier alpha value is -3.40. The molecule has 2 aliphatic rings. The number of hydrogen-bond donors (Lipinski definition) is 2. The van der Waals surface area contributed by atoms with Gasteiger partial charge in [0.05, 0.1) is 16.6 Å². The fourth-order valence-electron chi connectivity index (χ4n) is 5.26. The molecule has 2 aromatic carbocycles. The van der Waals surface area contributed by atoms with Crippen molar-refractivity contribution in [2.75, 3.05) is 10.8 Å². The van der Waals surface area contributed by atoms with E-state index in [0.717, 1.165) is 24.3 Å². The largest absolute Gasteiger partial charge is 0.430 e. The lowest BCUT2D eigenvalue weighted by Gasteiger charge is -2.39. The highest BCUT2D eigenvalue weighted by Gasteiger charge is 2.71. The summed E-state index contributed by atoms with van der Waals surface area (Å²) in [5.41, 5.74) is -2.01. The predicted molar refractivity (Wildman–Crippen MR) is 129 cm³/mol. The second-order valence-electron chi connectivity index (χ2n) is 9.85. The van der Waals surface area contributed by atoms with Gasteiger partial charge in [-0.15, -0.1) is 0 Å². The summed E-state index contributed by atoms with van der Waals surface area (Å²) in [7, 11) is -4.65. The van der Waals surface area contributed by atoms with Gasteiger partial charge in [0.25, 0.3) is 15.6 Å². The molecule has 41 heavy (non-hydrogen) atoms. The van der Waals surface area contributed by atoms with Gasteiger partial charge in [-0.3, -0.25) is 13.9 Å². The summed E-state index contributed by atoms with van der Waals surface area (Å²) in [6.07, 6.45) is -12.5. The lowest BCUT2D eigenvalue weighted by atomic mass is 9.87. The quantitative estimate of drug-likeness (QED) is 0.485. The molecule has 2 atom stereocenters. The van der Waals surface area contributed by atoms with E-state index in [-0.39, 0.29) is 30.6 Å². The number of nitrogens with zero attached hydrogens (tertiary/aromatic N) is 2. The zero-order valence-corrected chi connectivity index (χ0v) is 21.9. The first-order valence-electron chi connectivity index (χ1n) is 12.3. The molecular weight excluding hydrogens is 587 g/mol. The minimum absolute atomic E-state index is 0.178. The number of sulfonamides is 1. The number of hydrogen-bond acceptors (Lipinski definition) is 5. The lowest BCUT2D eigenvalue weighted by Crippen LogP contribution is -2.54. The number of likely N-dealkylation sites (tertiary alicyclic amines) is 1. The van der Waals surface area contributed by atoms with Crippen molar-refractivity contribution in [1.82, 2.24) is 4.90 Å². The van der Waals surface area contributed by atoms with E-state index in [2.05, 4.69) is 0 Å². The van der Waals surface area contributed by atoms with Crippen molar-refractivity contribution < 1.29 is 53.8 Å². The number of benzene rings is 2. The van der Waals surface area contributed by atoms with Crippen LogP contribution < -0.4 is 10.0 Å². The number of rotatable bonds is 6. The summed E-state index contributed by atoms with van der Waals surface area (Å²) in [5.74, 6) is -2.15. The summed E-state index contributed by atoms with van der Waals surface area (Å²) in [4.78, 5) is 25.7. The van der Waals surface area contributed by atoms with E-state index in [4.69, 9.17) is 5.73 Å². The van der Waals surface area contributed by atoms with E-state index in [0.29, 0.717) is 35.3 Å². The second-order valence-corrected chi connectivity index (χ2v) is 11.7. The van der Waals surface area contributed by atoms with Crippen molar-refractivity contribution in [2.24, 2.45) is 5.73 Å². The maximum absolute atomic E-state index is 13.7. The standard InChI is InChI=1S/C25H24F7N3O5S/c26-16-5-8-18(9-6-16)41(39,40)35-17(13-21(36)34-11-1-2-20(34)22(33)37)7-3-14-12-15(4-10-19(14)35)23(38,24(27,28)29)25(30,31)32/h4-6,8-10,12,17,20,38H,1-3,7,11,13H2,(H2,33,37)/t17-,20+/m0/s1. The van der Waals surface area contributed by atoms with Crippen molar-refractivity contribution >= 4 is 27.5 Å². The summed E-state index contributed by atoms with van der Waals surface area (Å²) in [6.45, 7) is 0.178. The first-order chi connectivity index (χ1) is 18.9. The molecule has 2 heterocycles. The van der Waals surface area contributed by atoms with Crippen LogP contribution >= 0.6 is 0 Å². The Morgan fingerprint density at radius 2 is 1.59 bits per heavy atom. The number of nitrogens with two attached hydrogens (primary N) is 1. The first-order valence-corrected chi connectivity index (χ1v) is 13.7. The van der Waals surface area contributed by atoms with Crippen molar-refractivity contribution in [1.29, 1.82) is 0 Å². The fourth-order valence-corrected chi connectivity index (χ4v) is 6.98. The summed E-state index contributed by atoms with van der Waals surface area (Å²) >= 11 is 0. The molecule has 0 spiro atoms. The number of aryl methyl sites for hydroxylation is 1. The van der Waals surface area contributed by atoms with E-state index in [1.807, 2.05) is 0 Å². The van der Waals surface area contributed by atoms with E-state index in [9.17, 15) is 53.8 Å². The van der Waals surface area contributed by atoms with Gasteiger partial charge in [0.2, 0.25) is 11.8 Å². The molecule has 1 saturated heterocycles. The van der Waals surface area contributed by atoms with Crippen LogP contribution in [0.3, 0.4) is 0 Å². The number of alkyl halides is 6. The van der Waals surface area contributed by atoms with Crippen LogP contribution in [-0.2, 0) is 31.6 Å². The first kappa shape index (κ1) is 30.6. The van der Waals surface area contributed by atoms with Gasteiger partial charge in [-0.25, -0.2) is 12.8 Å². The SMILES string of the molecule is NC(=O)[C@H]1CCCN1C(=O)C[C@@H]1CCc2cc(C(O)(C(F)(F)F)C(F)(F)F)ccc2N1S(=O)(=O)c1ccc(F)cc1. The van der Waals surface area contributed by atoms with Gasteiger partial charge in [0.15, 0.2) is 0 Å². The average molecular weight is 612 g/mol. The molecule has 4 rings (SSSR count). The Morgan fingerprint density at radius 3 is 2.15 bits per heavy atom. The number of carbonyl (C=O) groups excluding carboxylic acids is 2. The molecule has 2 aliphatic heterocycles. The normalized spacial score (nSPS) is 20.2. The molecule has 3 N–H and O–H groups in total. The van der Waals surface area contributed by atoms with Crippen LogP contribution in [0.1, 0.15) is 36.8 Å². The van der Waals surface area contributed by atoms with Crippen molar-refractivity contribution in [3.8, 4) is 0 Å². The zero-order chi connectivity index (χ0) is 30.5. The zero-order valence-electron chi connectivity index (χ0n) is 21.0. The summed E-state index contributed by atoms with van der Waals surface area (Å²) < 4.78 is 123. The van der Waals surface area contributed by atoms with Gasteiger partial charge in [0.1, 0.15) is 11.9 Å². The number of amides is 2. The maximum Gasteiger partial charge on any atom is 0.430 e. The van der Waals surface area contributed by atoms with Crippen LogP contribution in [0.25, 0.3) is 0 Å². The predicted octanol–water partition coefficient (Wildman–Crippen LogP) is 3.51. The molecule has 0 unspecified atom stereocenters. The molecule has 0 saturated carbocycles. The molecule has 0 bridgehead atoms. The van der Waals surface area contributed by atoms with Gasteiger partial charge in [-0.05, 0) is 61.6 Å². The van der Waals surface area contributed by atoms with Gasteiger partial charge < -0.3 is 15.7 Å². The van der Waals surface area contributed by atoms with Crippen LogP contribution in [0, 0.1) is 5.82 Å². The number of halogens is 7. The highest BCUT2D eigenvalue weighted by molar-refractivity contribution is 7.92. The molecule has 2 amide bonds. The van der Waals surface area contributed by atoms with E-state index in [1.165, 1.54) is 4.90 Å². The molecular formula is C25H24F7N3O5S. The fraction of sp³-hybridized carbons (Fsp3) is 0.440. The second kappa shape index (κ2) is 10.5. The van der Waals surface area contributed by atoms with Gasteiger partial charge in [-0.2, -0.15) is 26.3 Å². The molecule has 16 heteroatoms. The number of carbonyl (C=O) groups is 2. The van der Waals surface area contributed by atoms with Crippen molar-refractivity contribution in [2.45, 2.75) is 67.0 Å². The van der Waals surface area contributed by atoms with Crippen LogP contribution in [0.2, 0.25) is 0 Å². The van der Waals surface area contributed by atoms with E-state index in [1.54, 1.807) is 0 Å². The number of aliphatic hydroxyl groups is 1. The Kier molecular flexibility index (Phi) is 7.79. The Bertz CT molecular complexity index is 1430. The summed E-state index contributed by atoms with van der Waals surface area (Å²) in [5, 5.41) is 9.84. The molecule has 0 aliphatic carbocycles. The van der Waals surface area contributed by atoms with E-state index < -0.39 is 74.6 Å². The van der Waals surface area contributed by atoms with Gasteiger partial charge in [-0.1, -0.05) is 12.1 Å². The van der Waals surface area contributed by atoms with Crippen molar-refractivity contribution in [3.63, 3.8) is 0 Å². The monoisotopic (exact) mass is 611 g/mol.